The van der Waals surface area contributed by atoms with Crippen LogP contribution in [0.4, 0.5) is 0 Å². The summed E-state index contributed by atoms with van der Waals surface area (Å²) in [4.78, 5) is 48.7. The molecule has 236 valence electrons. The highest BCUT2D eigenvalue weighted by Crippen LogP contribution is 2.63. The van der Waals surface area contributed by atoms with E-state index >= 15 is 0 Å². The molecule has 0 aliphatic carbocycles. The largest absolute Gasteiger partial charge is 0.396 e. The Bertz CT molecular complexity index is 1140. The number of carbonyl (C=O) groups excluding carboxylic acids is 3. The molecule has 2 bridgehead atoms. The first-order valence-electron chi connectivity index (χ1n) is 16.2. The van der Waals surface area contributed by atoms with Crippen LogP contribution < -0.4 is 0 Å². The van der Waals surface area contributed by atoms with Gasteiger partial charge in [0, 0.05) is 39.3 Å². The van der Waals surface area contributed by atoms with E-state index in [9.17, 15) is 19.5 Å². The molecule has 1 N–H and O–H groups in total. The van der Waals surface area contributed by atoms with Gasteiger partial charge >= 0.3 is 0 Å². The molecule has 3 fully saturated rings. The summed E-state index contributed by atoms with van der Waals surface area (Å²) in [5, 5.41) is 9.21. The van der Waals surface area contributed by atoms with Gasteiger partial charge in [0.1, 0.15) is 11.6 Å². The zero-order valence-corrected chi connectivity index (χ0v) is 26.2. The van der Waals surface area contributed by atoms with Crippen molar-refractivity contribution in [3.8, 4) is 0 Å². The number of aliphatic hydroxyl groups excluding tert-OH is 1. The van der Waals surface area contributed by atoms with E-state index < -0.39 is 29.1 Å². The maximum absolute atomic E-state index is 14.5. The van der Waals surface area contributed by atoms with Gasteiger partial charge in [-0.05, 0) is 44.6 Å². The summed E-state index contributed by atoms with van der Waals surface area (Å²) in [5.74, 6) is -1.76. The van der Waals surface area contributed by atoms with Gasteiger partial charge in [0.2, 0.25) is 17.7 Å². The number of nitrogens with zero attached hydrogens (tertiary/aromatic N) is 3. The standard InChI is InChI=1S/C35H51N3O5/c1-5-8-14-23-36(21-6-2)33(42)30-35-20-19-34(4,43-35)28(29(35)32(41)38(30)24-15-9-10-16-25-39)31(40)37(22-7-3)26-27-17-12-11-13-18-27/h6-7,11-13,17-18,28-30,39H,2-3,5,8-10,14-16,19-26H2,1,4H3/t28-,29+,30?,34+,35?/m1/s1. The van der Waals surface area contributed by atoms with E-state index in [2.05, 4.69) is 20.1 Å². The van der Waals surface area contributed by atoms with E-state index in [0.29, 0.717) is 52.0 Å². The first-order valence-corrected chi connectivity index (χ1v) is 16.2. The normalized spacial score (nSPS) is 27.3. The lowest BCUT2D eigenvalue weighted by Gasteiger charge is -2.37. The second-order valence-corrected chi connectivity index (χ2v) is 12.7. The van der Waals surface area contributed by atoms with Crippen LogP contribution >= 0.6 is 0 Å². The van der Waals surface area contributed by atoms with Crippen molar-refractivity contribution in [3.05, 3.63) is 61.2 Å². The van der Waals surface area contributed by atoms with Crippen molar-refractivity contribution in [1.29, 1.82) is 0 Å². The van der Waals surface area contributed by atoms with Crippen molar-refractivity contribution in [2.75, 3.05) is 32.8 Å². The monoisotopic (exact) mass is 593 g/mol. The predicted molar refractivity (Wildman–Crippen MR) is 168 cm³/mol. The van der Waals surface area contributed by atoms with E-state index in [1.165, 1.54) is 0 Å². The van der Waals surface area contributed by atoms with Crippen LogP contribution in [0.5, 0.6) is 0 Å². The first kappa shape index (κ1) is 32.9. The molecule has 3 aliphatic rings. The van der Waals surface area contributed by atoms with Crippen molar-refractivity contribution in [2.24, 2.45) is 11.8 Å². The van der Waals surface area contributed by atoms with Gasteiger partial charge in [-0.2, -0.15) is 0 Å². The second kappa shape index (κ2) is 14.7. The van der Waals surface area contributed by atoms with E-state index in [1.807, 2.05) is 42.2 Å². The number of amides is 3. The molecular formula is C35H51N3O5. The number of hydrogen-bond donors (Lipinski definition) is 1. The van der Waals surface area contributed by atoms with Crippen LogP contribution in [0.15, 0.2) is 55.6 Å². The lowest BCUT2D eigenvalue weighted by molar-refractivity contribution is -0.153. The minimum atomic E-state index is -1.04. The molecular weight excluding hydrogens is 542 g/mol. The molecule has 1 aromatic rings. The van der Waals surface area contributed by atoms with Crippen LogP contribution in [0.2, 0.25) is 0 Å². The maximum atomic E-state index is 14.5. The Morgan fingerprint density at radius 2 is 1.70 bits per heavy atom. The fraction of sp³-hybridized carbons (Fsp3) is 0.629. The average Bonchev–Trinajstić information content (AvgIpc) is 3.57. The van der Waals surface area contributed by atoms with E-state index in [0.717, 1.165) is 44.1 Å². The number of likely N-dealkylation sites (tertiary alicyclic amines) is 1. The molecule has 4 rings (SSSR count). The summed E-state index contributed by atoms with van der Waals surface area (Å²) in [6.45, 7) is 14.2. The maximum Gasteiger partial charge on any atom is 0.248 e. The molecule has 0 saturated carbocycles. The summed E-state index contributed by atoms with van der Waals surface area (Å²) in [5.41, 5.74) is -0.861. The van der Waals surface area contributed by atoms with Gasteiger partial charge in [0.15, 0.2) is 0 Å². The number of unbranched alkanes of at least 4 members (excludes halogenated alkanes) is 5. The van der Waals surface area contributed by atoms with Crippen LogP contribution in [0.25, 0.3) is 0 Å². The quantitative estimate of drug-likeness (QED) is 0.197. The smallest absolute Gasteiger partial charge is 0.248 e. The highest BCUT2D eigenvalue weighted by atomic mass is 16.5. The van der Waals surface area contributed by atoms with Crippen molar-refractivity contribution in [3.63, 3.8) is 0 Å². The zero-order valence-electron chi connectivity index (χ0n) is 26.2. The Morgan fingerprint density at radius 1 is 1.00 bits per heavy atom. The summed E-state index contributed by atoms with van der Waals surface area (Å²) >= 11 is 0. The number of hydrogen-bond acceptors (Lipinski definition) is 5. The van der Waals surface area contributed by atoms with Crippen molar-refractivity contribution >= 4 is 17.7 Å². The van der Waals surface area contributed by atoms with E-state index in [-0.39, 0.29) is 24.3 Å². The number of ether oxygens (including phenoxy) is 1. The van der Waals surface area contributed by atoms with Gasteiger partial charge in [-0.3, -0.25) is 14.4 Å². The van der Waals surface area contributed by atoms with Gasteiger partial charge in [-0.1, -0.05) is 75.1 Å². The molecule has 1 aromatic carbocycles. The molecule has 2 unspecified atom stereocenters. The Balaban J connectivity index is 1.68. The predicted octanol–water partition coefficient (Wildman–Crippen LogP) is 4.72. The van der Waals surface area contributed by atoms with Gasteiger partial charge in [0.25, 0.3) is 0 Å². The Labute approximate surface area is 257 Å². The Hall–Kier alpha value is -2.97. The summed E-state index contributed by atoms with van der Waals surface area (Å²) in [7, 11) is 0. The van der Waals surface area contributed by atoms with Crippen LogP contribution in [0.3, 0.4) is 0 Å². The van der Waals surface area contributed by atoms with Crippen molar-refractivity contribution < 1.29 is 24.2 Å². The minimum Gasteiger partial charge on any atom is -0.396 e. The average molecular weight is 594 g/mol. The SMILES string of the molecule is C=CCN(CCCCC)C(=O)C1N(CCCCCCO)C(=O)[C@@H]2[C@H](C(=O)N(CC=C)Cc3ccccc3)[C@]3(C)CCC12O3. The van der Waals surface area contributed by atoms with Gasteiger partial charge in [-0.15, -0.1) is 13.2 Å². The zero-order chi connectivity index (χ0) is 31.0. The summed E-state index contributed by atoms with van der Waals surface area (Å²) in [6, 6.07) is 9.06. The molecule has 3 heterocycles. The molecule has 43 heavy (non-hydrogen) atoms. The van der Waals surface area contributed by atoms with Crippen molar-refractivity contribution in [2.45, 2.75) is 95.4 Å². The molecule has 3 amide bonds. The van der Waals surface area contributed by atoms with Gasteiger partial charge in [-0.25, -0.2) is 0 Å². The lowest BCUT2D eigenvalue weighted by atomic mass is 9.66. The second-order valence-electron chi connectivity index (χ2n) is 12.7. The summed E-state index contributed by atoms with van der Waals surface area (Å²) < 4.78 is 6.87. The van der Waals surface area contributed by atoms with Gasteiger partial charge in [0.05, 0.1) is 17.4 Å². The number of benzene rings is 1. The number of fused-ring (bicyclic) bond motifs is 1. The van der Waals surface area contributed by atoms with Crippen LogP contribution in [-0.2, 0) is 25.7 Å². The lowest BCUT2D eigenvalue weighted by Crippen LogP contribution is -2.56. The first-order chi connectivity index (χ1) is 20.8. The van der Waals surface area contributed by atoms with Crippen LogP contribution in [0.1, 0.15) is 77.2 Å². The highest BCUT2D eigenvalue weighted by molar-refractivity contribution is 5.99. The third-order valence-electron chi connectivity index (χ3n) is 9.65. The Morgan fingerprint density at radius 3 is 2.37 bits per heavy atom. The van der Waals surface area contributed by atoms with Crippen LogP contribution in [0, 0.1) is 11.8 Å². The molecule has 0 aromatic heterocycles. The van der Waals surface area contributed by atoms with E-state index in [4.69, 9.17) is 4.74 Å². The molecule has 0 radical (unpaired) electrons. The summed E-state index contributed by atoms with van der Waals surface area (Å²) in [6.07, 6.45) is 10.7. The molecule has 3 saturated heterocycles. The Kier molecular flexibility index (Phi) is 11.2. The van der Waals surface area contributed by atoms with Gasteiger partial charge < -0.3 is 24.5 Å². The third-order valence-corrected chi connectivity index (χ3v) is 9.65. The highest BCUT2D eigenvalue weighted by Gasteiger charge is 2.78. The molecule has 5 atom stereocenters. The number of rotatable bonds is 18. The topological polar surface area (TPSA) is 90.4 Å². The fourth-order valence-electron chi connectivity index (χ4n) is 7.63. The third kappa shape index (κ3) is 6.60. The van der Waals surface area contributed by atoms with E-state index in [1.54, 1.807) is 22.0 Å². The molecule has 8 heteroatoms. The van der Waals surface area contributed by atoms with Crippen molar-refractivity contribution in [1.82, 2.24) is 14.7 Å². The molecule has 8 nitrogen and oxygen atoms in total. The van der Waals surface area contributed by atoms with Crippen LogP contribution in [-0.4, -0.2) is 87.6 Å². The molecule has 3 aliphatic heterocycles. The number of carbonyl (C=O) groups is 3. The fourth-order valence-corrected chi connectivity index (χ4v) is 7.63. The molecule has 1 spiro atoms. The minimum absolute atomic E-state index is 0.105. The number of aliphatic hydroxyl groups is 1.